The summed E-state index contributed by atoms with van der Waals surface area (Å²) in [7, 11) is 0. The van der Waals surface area contributed by atoms with Gasteiger partial charge in [0.05, 0.1) is 22.7 Å². The largest absolute Gasteiger partial charge is 0.478 e. The summed E-state index contributed by atoms with van der Waals surface area (Å²) < 4.78 is 2.72. The Morgan fingerprint density at radius 3 is 2.55 bits per heavy atom. The minimum absolute atomic E-state index is 0.231. The number of hydrogen-bond donors (Lipinski definition) is 2. The van der Waals surface area contributed by atoms with Gasteiger partial charge in [-0.2, -0.15) is 5.10 Å². The van der Waals surface area contributed by atoms with Crippen LogP contribution >= 0.6 is 0 Å². The molecule has 2 aromatic heterocycles. The van der Waals surface area contributed by atoms with Gasteiger partial charge in [0.25, 0.3) is 5.56 Å². The Morgan fingerprint density at radius 2 is 1.81 bits per heavy atom. The Morgan fingerprint density at radius 1 is 1.06 bits per heavy atom. The number of carboxylic acids is 1. The zero-order valence-electron chi connectivity index (χ0n) is 17.2. The number of carbonyl (C=O) groups is 1. The van der Waals surface area contributed by atoms with E-state index in [-0.39, 0.29) is 5.56 Å². The number of para-hydroxylation sites is 1. The highest BCUT2D eigenvalue weighted by Crippen LogP contribution is 2.24. The van der Waals surface area contributed by atoms with Gasteiger partial charge in [-0.1, -0.05) is 18.2 Å². The van der Waals surface area contributed by atoms with Crippen LogP contribution in [0.1, 0.15) is 32.9 Å². The predicted molar refractivity (Wildman–Crippen MR) is 119 cm³/mol. The summed E-state index contributed by atoms with van der Waals surface area (Å²) in [6.07, 6.45) is 1.46. The number of H-pyrrole nitrogens is 1. The van der Waals surface area contributed by atoms with Gasteiger partial charge in [-0.3, -0.25) is 4.79 Å². The summed E-state index contributed by atoms with van der Waals surface area (Å²) in [5.41, 5.74) is 3.31. The first-order chi connectivity index (χ1) is 14.8. The van der Waals surface area contributed by atoms with Crippen LogP contribution in [0, 0.1) is 20.8 Å². The van der Waals surface area contributed by atoms with Crippen molar-refractivity contribution in [1.29, 1.82) is 0 Å². The number of aromatic carboxylic acids is 1. The van der Waals surface area contributed by atoms with Crippen LogP contribution in [-0.4, -0.2) is 31.5 Å². The molecule has 0 amide bonds. The Balaban J connectivity index is 1.81. The lowest BCUT2D eigenvalue weighted by Gasteiger charge is -2.14. The maximum absolute atomic E-state index is 12.7. The van der Waals surface area contributed by atoms with E-state index in [2.05, 4.69) is 10.1 Å². The molecular formula is C23H20N4O4. The lowest BCUT2D eigenvalue weighted by molar-refractivity contribution is 0.0696. The number of fused-ring (bicyclic) bond motifs is 1. The summed E-state index contributed by atoms with van der Waals surface area (Å²) in [6.45, 7) is 5.53. The molecule has 8 nitrogen and oxygen atoms in total. The number of aryl methyl sites for hydroxylation is 1. The monoisotopic (exact) mass is 416 g/mol. The lowest BCUT2D eigenvalue weighted by Crippen LogP contribution is -2.32. The molecule has 2 heterocycles. The van der Waals surface area contributed by atoms with Crippen LogP contribution in [0.3, 0.4) is 0 Å². The molecule has 8 heteroatoms. The van der Waals surface area contributed by atoms with Crippen molar-refractivity contribution in [1.82, 2.24) is 14.2 Å². The molecule has 0 saturated carbocycles. The van der Waals surface area contributed by atoms with Crippen molar-refractivity contribution in [2.24, 2.45) is 5.10 Å². The van der Waals surface area contributed by atoms with Crippen molar-refractivity contribution in [2.45, 2.75) is 20.8 Å². The van der Waals surface area contributed by atoms with E-state index in [1.165, 1.54) is 6.21 Å². The van der Waals surface area contributed by atoms with E-state index >= 15 is 0 Å². The number of rotatable bonds is 4. The number of aromatic nitrogens is 3. The first kappa shape index (κ1) is 20.1. The second-order valence-corrected chi connectivity index (χ2v) is 7.25. The van der Waals surface area contributed by atoms with E-state index < -0.39 is 17.2 Å². The van der Waals surface area contributed by atoms with Crippen molar-refractivity contribution in [2.75, 3.05) is 0 Å². The minimum Gasteiger partial charge on any atom is -0.478 e. The maximum Gasteiger partial charge on any atom is 0.349 e. The zero-order valence-corrected chi connectivity index (χ0v) is 17.2. The highest BCUT2D eigenvalue weighted by molar-refractivity contribution is 5.90. The smallest absolute Gasteiger partial charge is 0.349 e. The molecule has 0 spiro atoms. The quantitative estimate of drug-likeness (QED) is 0.498. The molecule has 0 aliphatic rings. The van der Waals surface area contributed by atoms with Crippen LogP contribution in [0.2, 0.25) is 0 Å². The number of aromatic amines is 1. The fourth-order valence-electron chi connectivity index (χ4n) is 3.76. The average molecular weight is 416 g/mol. The van der Waals surface area contributed by atoms with Gasteiger partial charge in [0.15, 0.2) is 0 Å². The Labute approximate surface area is 176 Å². The van der Waals surface area contributed by atoms with Crippen molar-refractivity contribution in [3.63, 3.8) is 0 Å². The van der Waals surface area contributed by atoms with Gasteiger partial charge >= 0.3 is 11.7 Å². The number of nitrogens with one attached hydrogen (secondary N) is 1. The third-order valence-electron chi connectivity index (χ3n) is 5.34. The first-order valence-electron chi connectivity index (χ1n) is 9.60. The molecule has 0 bridgehead atoms. The van der Waals surface area contributed by atoms with Crippen molar-refractivity contribution in [3.8, 4) is 5.69 Å². The molecule has 0 radical (unpaired) electrons. The van der Waals surface area contributed by atoms with Crippen molar-refractivity contribution < 1.29 is 9.90 Å². The van der Waals surface area contributed by atoms with Crippen LogP contribution < -0.4 is 11.2 Å². The fraction of sp³-hybridized carbons (Fsp3) is 0.130. The lowest BCUT2D eigenvalue weighted by atomic mass is 10.1. The number of carboxylic acid groups (broad SMARTS) is 1. The van der Waals surface area contributed by atoms with E-state index in [0.717, 1.165) is 21.8 Å². The van der Waals surface area contributed by atoms with Gasteiger partial charge in [-0.25, -0.2) is 9.59 Å². The van der Waals surface area contributed by atoms with Gasteiger partial charge in [0.2, 0.25) is 0 Å². The first-order valence-corrected chi connectivity index (χ1v) is 9.60. The molecule has 0 saturated heterocycles. The van der Waals surface area contributed by atoms with Crippen LogP contribution in [0.5, 0.6) is 0 Å². The van der Waals surface area contributed by atoms with E-state index in [9.17, 15) is 19.5 Å². The van der Waals surface area contributed by atoms with Gasteiger partial charge < -0.3 is 14.7 Å². The van der Waals surface area contributed by atoms with E-state index in [1.54, 1.807) is 43.3 Å². The molecule has 31 heavy (non-hydrogen) atoms. The van der Waals surface area contributed by atoms with Crippen LogP contribution in [-0.2, 0) is 0 Å². The number of nitrogens with zero attached hydrogens (tertiary/aromatic N) is 3. The molecule has 0 unspecified atom stereocenters. The van der Waals surface area contributed by atoms with E-state index in [0.29, 0.717) is 22.0 Å². The fourth-order valence-corrected chi connectivity index (χ4v) is 3.76. The second-order valence-electron chi connectivity index (χ2n) is 7.25. The van der Waals surface area contributed by atoms with E-state index in [4.69, 9.17) is 0 Å². The summed E-state index contributed by atoms with van der Waals surface area (Å²) in [4.78, 5) is 39.1. The topological polar surface area (TPSA) is 109 Å². The number of benzene rings is 2. The molecular weight excluding hydrogens is 396 g/mol. The van der Waals surface area contributed by atoms with Crippen LogP contribution in [0.15, 0.2) is 63.2 Å². The second kappa shape index (κ2) is 7.56. The Hall–Kier alpha value is -4.20. The molecule has 2 aromatic carbocycles. The SMILES string of the molecule is Cc1c(C(=O)O)cccc1-n1c(C)cc(C=Nn2c(=O)[nH]c3ccccc3c2=O)c1C. The average Bonchev–Trinajstić information content (AvgIpc) is 3.01. The standard InChI is InChI=1S/C23H20N4O4/c1-13-11-16(15(3)26(13)20-10-6-8-17(14(20)2)22(29)30)12-24-27-21(28)18-7-4-5-9-19(18)25-23(27)31/h4-12H,1-3H3,(H,25,31)(H,29,30). The highest BCUT2D eigenvalue weighted by atomic mass is 16.4. The van der Waals surface area contributed by atoms with Gasteiger partial charge in [0.1, 0.15) is 0 Å². The zero-order chi connectivity index (χ0) is 22.3. The summed E-state index contributed by atoms with van der Waals surface area (Å²) >= 11 is 0. The van der Waals surface area contributed by atoms with Crippen LogP contribution in [0.25, 0.3) is 16.6 Å². The van der Waals surface area contributed by atoms with Gasteiger partial charge in [-0.05, 0) is 56.7 Å². The molecule has 4 aromatic rings. The van der Waals surface area contributed by atoms with Crippen LogP contribution in [0.4, 0.5) is 0 Å². The third kappa shape index (κ3) is 3.38. The molecule has 156 valence electrons. The molecule has 0 aliphatic heterocycles. The predicted octanol–water partition coefficient (Wildman–Crippen LogP) is 2.99. The highest BCUT2D eigenvalue weighted by Gasteiger charge is 2.16. The minimum atomic E-state index is -0.987. The normalized spacial score (nSPS) is 11.5. The van der Waals surface area contributed by atoms with Crippen molar-refractivity contribution in [3.05, 3.63) is 97.4 Å². The van der Waals surface area contributed by atoms with E-state index in [1.807, 2.05) is 30.5 Å². The Kier molecular flexibility index (Phi) is 4.90. The molecule has 0 atom stereocenters. The molecule has 0 aliphatic carbocycles. The van der Waals surface area contributed by atoms with Crippen molar-refractivity contribution >= 4 is 23.1 Å². The summed E-state index contributed by atoms with van der Waals surface area (Å²) in [6, 6.07) is 13.7. The molecule has 0 fully saturated rings. The van der Waals surface area contributed by atoms with Gasteiger partial charge in [0, 0.05) is 22.6 Å². The third-order valence-corrected chi connectivity index (χ3v) is 5.34. The van der Waals surface area contributed by atoms with Gasteiger partial charge in [-0.15, -0.1) is 4.68 Å². The Bertz CT molecular complexity index is 1490. The molecule has 4 rings (SSSR count). The molecule has 2 N–H and O–H groups in total. The summed E-state index contributed by atoms with van der Waals surface area (Å²) in [5.74, 6) is -0.987. The summed E-state index contributed by atoms with van der Waals surface area (Å²) in [5, 5.41) is 13.9. The number of hydrogen-bond acceptors (Lipinski definition) is 4. The maximum atomic E-state index is 12.7.